The van der Waals surface area contributed by atoms with Gasteiger partial charge in [0.15, 0.2) is 0 Å². The summed E-state index contributed by atoms with van der Waals surface area (Å²) in [6.45, 7) is 6.17. The quantitative estimate of drug-likeness (QED) is 0.891. The molecule has 5 nitrogen and oxygen atoms in total. The molecule has 118 valence electrons. The summed E-state index contributed by atoms with van der Waals surface area (Å²) in [7, 11) is 0. The number of hydrogen-bond acceptors (Lipinski definition) is 3. The summed E-state index contributed by atoms with van der Waals surface area (Å²) < 4.78 is 1.66. The zero-order valence-corrected chi connectivity index (χ0v) is 13.3. The highest BCUT2D eigenvalue weighted by molar-refractivity contribution is 5.97. The number of benzene rings is 1. The summed E-state index contributed by atoms with van der Waals surface area (Å²) in [4.78, 5) is 12.6. The van der Waals surface area contributed by atoms with Crippen LogP contribution in [0.2, 0.25) is 0 Å². The SMILES string of the molecule is CC(C)(C)CC(CO)NC(=O)c1ccccc1-n1cccn1. The maximum atomic E-state index is 12.6. The first-order chi connectivity index (χ1) is 10.4. The highest BCUT2D eigenvalue weighted by Gasteiger charge is 2.21. The van der Waals surface area contributed by atoms with Gasteiger partial charge in [0.05, 0.1) is 23.9 Å². The first-order valence-electron chi connectivity index (χ1n) is 7.41. The third kappa shape index (κ3) is 4.18. The number of para-hydroxylation sites is 1. The van der Waals surface area contributed by atoms with Crippen LogP contribution in [0.4, 0.5) is 0 Å². The monoisotopic (exact) mass is 301 g/mol. The van der Waals surface area contributed by atoms with E-state index in [9.17, 15) is 9.90 Å². The molecule has 1 unspecified atom stereocenters. The molecule has 0 aliphatic carbocycles. The van der Waals surface area contributed by atoms with Gasteiger partial charge in [-0.2, -0.15) is 5.10 Å². The second kappa shape index (κ2) is 6.75. The Morgan fingerprint density at radius 1 is 1.32 bits per heavy atom. The summed E-state index contributed by atoms with van der Waals surface area (Å²) >= 11 is 0. The molecule has 1 aromatic carbocycles. The predicted molar refractivity (Wildman–Crippen MR) is 86.0 cm³/mol. The Bertz CT molecular complexity index is 615. The van der Waals surface area contributed by atoms with Crippen LogP contribution in [0.3, 0.4) is 0 Å². The van der Waals surface area contributed by atoms with Gasteiger partial charge >= 0.3 is 0 Å². The highest BCUT2D eigenvalue weighted by Crippen LogP contribution is 2.21. The fourth-order valence-electron chi connectivity index (χ4n) is 2.44. The molecule has 1 heterocycles. The molecule has 1 atom stereocenters. The molecule has 2 N–H and O–H groups in total. The van der Waals surface area contributed by atoms with E-state index in [1.807, 2.05) is 24.3 Å². The van der Waals surface area contributed by atoms with E-state index in [1.54, 1.807) is 23.1 Å². The molecule has 0 saturated heterocycles. The maximum Gasteiger partial charge on any atom is 0.253 e. The lowest BCUT2D eigenvalue weighted by molar-refractivity contribution is 0.0897. The van der Waals surface area contributed by atoms with Gasteiger partial charge in [-0.1, -0.05) is 32.9 Å². The Balaban J connectivity index is 2.20. The molecule has 0 bridgehead atoms. The number of aliphatic hydroxyl groups is 1. The number of hydrogen-bond donors (Lipinski definition) is 2. The van der Waals surface area contributed by atoms with Crippen LogP contribution in [0.25, 0.3) is 5.69 Å². The predicted octanol–water partition coefficient (Wildman–Crippen LogP) is 2.40. The zero-order valence-electron chi connectivity index (χ0n) is 13.3. The average Bonchev–Trinajstić information content (AvgIpc) is 2.99. The van der Waals surface area contributed by atoms with E-state index >= 15 is 0 Å². The van der Waals surface area contributed by atoms with Crippen molar-refractivity contribution in [3.8, 4) is 5.69 Å². The van der Waals surface area contributed by atoms with Crippen LogP contribution >= 0.6 is 0 Å². The van der Waals surface area contributed by atoms with Gasteiger partial charge < -0.3 is 10.4 Å². The molecule has 2 aromatic rings. The van der Waals surface area contributed by atoms with Crippen molar-refractivity contribution in [2.45, 2.75) is 33.2 Å². The highest BCUT2D eigenvalue weighted by atomic mass is 16.3. The van der Waals surface area contributed by atoms with Crippen molar-refractivity contribution in [3.63, 3.8) is 0 Å². The normalized spacial score (nSPS) is 12.9. The van der Waals surface area contributed by atoms with Crippen molar-refractivity contribution in [1.82, 2.24) is 15.1 Å². The topological polar surface area (TPSA) is 67.2 Å². The second-order valence-electron chi connectivity index (χ2n) is 6.59. The lowest BCUT2D eigenvalue weighted by Crippen LogP contribution is -2.40. The molecule has 5 heteroatoms. The Labute approximate surface area is 131 Å². The molecule has 0 radical (unpaired) electrons. The molecule has 1 aromatic heterocycles. The Hall–Kier alpha value is -2.14. The zero-order chi connectivity index (χ0) is 16.2. The van der Waals surface area contributed by atoms with Crippen molar-refractivity contribution < 1.29 is 9.90 Å². The van der Waals surface area contributed by atoms with E-state index in [-0.39, 0.29) is 24.0 Å². The van der Waals surface area contributed by atoms with Gasteiger partial charge in [-0.15, -0.1) is 0 Å². The van der Waals surface area contributed by atoms with E-state index in [0.717, 1.165) is 5.69 Å². The van der Waals surface area contributed by atoms with E-state index in [4.69, 9.17) is 0 Å². The summed E-state index contributed by atoms with van der Waals surface area (Å²) in [6, 6.07) is 8.84. The van der Waals surface area contributed by atoms with Gasteiger partial charge in [-0.25, -0.2) is 4.68 Å². The minimum atomic E-state index is -0.266. The smallest absolute Gasteiger partial charge is 0.253 e. The van der Waals surface area contributed by atoms with Crippen LogP contribution in [-0.4, -0.2) is 33.4 Å². The number of aliphatic hydroxyl groups excluding tert-OH is 1. The lowest BCUT2D eigenvalue weighted by Gasteiger charge is -2.25. The van der Waals surface area contributed by atoms with Crippen molar-refractivity contribution >= 4 is 5.91 Å². The Kier molecular flexibility index (Phi) is 4.98. The third-order valence-electron chi connectivity index (χ3n) is 3.31. The van der Waals surface area contributed by atoms with Crippen molar-refractivity contribution in [2.75, 3.05) is 6.61 Å². The molecule has 22 heavy (non-hydrogen) atoms. The van der Waals surface area contributed by atoms with Crippen LogP contribution in [0, 0.1) is 5.41 Å². The number of aromatic nitrogens is 2. The lowest BCUT2D eigenvalue weighted by atomic mass is 9.88. The first-order valence-corrected chi connectivity index (χ1v) is 7.41. The number of amides is 1. The molecular weight excluding hydrogens is 278 g/mol. The molecule has 0 fully saturated rings. The molecule has 0 aliphatic heterocycles. The van der Waals surface area contributed by atoms with E-state index in [2.05, 4.69) is 31.2 Å². The maximum absolute atomic E-state index is 12.6. The summed E-state index contributed by atoms with van der Waals surface area (Å²) in [5, 5.41) is 16.6. The van der Waals surface area contributed by atoms with Gasteiger partial charge in [0.1, 0.15) is 0 Å². The van der Waals surface area contributed by atoms with Gasteiger partial charge in [-0.05, 0) is 30.0 Å². The summed E-state index contributed by atoms with van der Waals surface area (Å²) in [5.41, 5.74) is 1.29. The van der Waals surface area contributed by atoms with Crippen molar-refractivity contribution in [1.29, 1.82) is 0 Å². The Morgan fingerprint density at radius 3 is 2.64 bits per heavy atom. The minimum Gasteiger partial charge on any atom is -0.394 e. The summed E-state index contributed by atoms with van der Waals surface area (Å²) in [5.74, 6) is -0.200. The number of nitrogens with zero attached hydrogens (tertiary/aromatic N) is 2. The largest absolute Gasteiger partial charge is 0.394 e. The fourth-order valence-corrected chi connectivity index (χ4v) is 2.44. The number of rotatable bonds is 5. The third-order valence-corrected chi connectivity index (χ3v) is 3.31. The van der Waals surface area contributed by atoms with Gasteiger partial charge in [0, 0.05) is 12.4 Å². The standard InChI is InChI=1S/C17H23N3O2/c1-17(2,3)11-13(12-21)19-16(22)14-7-4-5-8-15(14)20-10-6-9-18-20/h4-10,13,21H,11-12H2,1-3H3,(H,19,22). The van der Waals surface area contributed by atoms with Crippen LogP contribution in [0.5, 0.6) is 0 Å². The van der Waals surface area contributed by atoms with E-state index < -0.39 is 0 Å². The van der Waals surface area contributed by atoms with Crippen molar-refractivity contribution in [2.24, 2.45) is 5.41 Å². The van der Waals surface area contributed by atoms with Crippen molar-refractivity contribution in [3.05, 3.63) is 48.3 Å². The Morgan fingerprint density at radius 2 is 2.05 bits per heavy atom. The molecule has 0 saturated carbocycles. The number of carbonyl (C=O) groups is 1. The van der Waals surface area contributed by atoms with E-state index in [1.165, 1.54) is 0 Å². The van der Waals surface area contributed by atoms with Gasteiger partial charge in [0.2, 0.25) is 0 Å². The first kappa shape index (κ1) is 16.2. The minimum absolute atomic E-state index is 0.0299. The second-order valence-corrected chi connectivity index (χ2v) is 6.59. The molecule has 1 amide bonds. The summed E-state index contributed by atoms with van der Waals surface area (Å²) in [6.07, 6.45) is 4.18. The van der Waals surface area contributed by atoms with Crippen LogP contribution in [0.15, 0.2) is 42.7 Å². The molecule has 2 rings (SSSR count). The van der Waals surface area contributed by atoms with Crippen LogP contribution in [-0.2, 0) is 0 Å². The number of carbonyl (C=O) groups excluding carboxylic acids is 1. The number of nitrogens with one attached hydrogen (secondary N) is 1. The van der Waals surface area contributed by atoms with Gasteiger partial charge in [0.25, 0.3) is 5.91 Å². The van der Waals surface area contributed by atoms with Crippen LogP contribution in [0.1, 0.15) is 37.6 Å². The van der Waals surface area contributed by atoms with E-state index in [0.29, 0.717) is 12.0 Å². The molecule has 0 aliphatic rings. The average molecular weight is 301 g/mol. The fraction of sp³-hybridized carbons (Fsp3) is 0.412. The molecule has 0 spiro atoms. The van der Waals surface area contributed by atoms with Crippen LogP contribution < -0.4 is 5.32 Å². The molecular formula is C17H23N3O2. The van der Waals surface area contributed by atoms with Gasteiger partial charge in [-0.3, -0.25) is 4.79 Å².